The van der Waals surface area contributed by atoms with E-state index in [2.05, 4.69) is 46.4 Å². The summed E-state index contributed by atoms with van der Waals surface area (Å²) < 4.78 is 1.82. The van der Waals surface area contributed by atoms with Crippen molar-refractivity contribution in [3.05, 3.63) is 59.8 Å². The van der Waals surface area contributed by atoms with Gasteiger partial charge in [0, 0.05) is 49.4 Å². The largest absolute Gasteiger partial charge is 0.322 e. The van der Waals surface area contributed by atoms with E-state index in [-0.39, 0.29) is 5.91 Å². The SMILES string of the molecule is CN(C)[C@@H]1CCN(Cc2ccc(C(=O)Nc3ccc4c(cnn4C)c3)cc2)C1. The molecule has 2 heterocycles. The number of likely N-dealkylation sites (N-methyl/N-ethyl adjacent to an activating group) is 1. The van der Waals surface area contributed by atoms with Crippen LogP contribution in [-0.2, 0) is 13.6 Å². The molecule has 1 aromatic heterocycles. The van der Waals surface area contributed by atoms with Gasteiger partial charge in [0.05, 0.1) is 11.7 Å². The van der Waals surface area contributed by atoms with Crippen molar-refractivity contribution in [2.45, 2.75) is 19.0 Å². The number of aromatic nitrogens is 2. The van der Waals surface area contributed by atoms with Gasteiger partial charge in [-0.1, -0.05) is 12.1 Å². The van der Waals surface area contributed by atoms with E-state index in [4.69, 9.17) is 0 Å². The van der Waals surface area contributed by atoms with Gasteiger partial charge in [0.2, 0.25) is 0 Å². The molecule has 1 atom stereocenters. The van der Waals surface area contributed by atoms with Crippen molar-refractivity contribution in [2.75, 3.05) is 32.5 Å². The van der Waals surface area contributed by atoms with Crippen LogP contribution in [0.5, 0.6) is 0 Å². The molecule has 0 spiro atoms. The van der Waals surface area contributed by atoms with E-state index < -0.39 is 0 Å². The van der Waals surface area contributed by atoms with E-state index >= 15 is 0 Å². The number of fused-ring (bicyclic) bond motifs is 1. The van der Waals surface area contributed by atoms with E-state index in [1.165, 1.54) is 12.0 Å². The summed E-state index contributed by atoms with van der Waals surface area (Å²) in [5.74, 6) is -0.0939. The zero-order valence-electron chi connectivity index (χ0n) is 16.7. The second-order valence-electron chi connectivity index (χ2n) is 7.83. The Morgan fingerprint density at radius 3 is 2.71 bits per heavy atom. The van der Waals surface area contributed by atoms with Crippen LogP contribution in [0.2, 0.25) is 0 Å². The molecular formula is C22H27N5O. The average molecular weight is 377 g/mol. The fraction of sp³-hybridized carbons (Fsp3) is 0.364. The van der Waals surface area contributed by atoms with Gasteiger partial charge in [-0.15, -0.1) is 0 Å². The number of hydrogen-bond acceptors (Lipinski definition) is 4. The van der Waals surface area contributed by atoms with Crippen LogP contribution in [0.1, 0.15) is 22.3 Å². The first-order chi connectivity index (χ1) is 13.5. The van der Waals surface area contributed by atoms with Crippen molar-refractivity contribution in [2.24, 2.45) is 7.05 Å². The van der Waals surface area contributed by atoms with Crippen LogP contribution >= 0.6 is 0 Å². The van der Waals surface area contributed by atoms with Crippen molar-refractivity contribution < 1.29 is 4.79 Å². The van der Waals surface area contributed by atoms with Gasteiger partial charge < -0.3 is 10.2 Å². The predicted molar refractivity (Wildman–Crippen MR) is 112 cm³/mol. The van der Waals surface area contributed by atoms with E-state index in [0.717, 1.165) is 36.2 Å². The molecule has 1 aliphatic heterocycles. The van der Waals surface area contributed by atoms with Crippen molar-refractivity contribution in [1.29, 1.82) is 0 Å². The molecular weight excluding hydrogens is 350 g/mol. The van der Waals surface area contributed by atoms with Gasteiger partial charge in [0.15, 0.2) is 0 Å². The highest BCUT2D eigenvalue weighted by Crippen LogP contribution is 2.20. The van der Waals surface area contributed by atoms with Gasteiger partial charge in [-0.3, -0.25) is 14.4 Å². The van der Waals surface area contributed by atoms with Gasteiger partial charge in [0.1, 0.15) is 0 Å². The number of aryl methyl sites for hydroxylation is 1. The molecule has 1 aliphatic rings. The lowest BCUT2D eigenvalue weighted by molar-refractivity contribution is 0.102. The summed E-state index contributed by atoms with van der Waals surface area (Å²) >= 11 is 0. The van der Waals surface area contributed by atoms with Gasteiger partial charge in [-0.05, 0) is 56.4 Å². The van der Waals surface area contributed by atoms with Crippen LogP contribution in [0.25, 0.3) is 10.9 Å². The van der Waals surface area contributed by atoms with Crippen molar-refractivity contribution in [1.82, 2.24) is 19.6 Å². The smallest absolute Gasteiger partial charge is 0.255 e. The molecule has 3 aromatic rings. The summed E-state index contributed by atoms with van der Waals surface area (Å²) in [7, 11) is 6.20. The van der Waals surface area contributed by atoms with Gasteiger partial charge in [-0.2, -0.15) is 5.10 Å². The summed E-state index contributed by atoms with van der Waals surface area (Å²) in [5.41, 5.74) is 3.73. The average Bonchev–Trinajstić information content (AvgIpc) is 3.29. The maximum absolute atomic E-state index is 12.6. The van der Waals surface area contributed by atoms with Crippen molar-refractivity contribution >= 4 is 22.5 Å². The number of carbonyl (C=O) groups excluding carboxylic acids is 1. The van der Waals surface area contributed by atoms with Crippen LogP contribution in [-0.4, -0.2) is 58.7 Å². The molecule has 146 valence electrons. The number of nitrogens with zero attached hydrogens (tertiary/aromatic N) is 4. The Labute approximate surface area is 165 Å². The summed E-state index contributed by atoms with van der Waals surface area (Å²) in [6, 6.07) is 14.4. The van der Waals surface area contributed by atoms with Crippen molar-refractivity contribution in [3.8, 4) is 0 Å². The molecule has 0 radical (unpaired) electrons. The Balaban J connectivity index is 1.38. The minimum atomic E-state index is -0.0939. The van der Waals surface area contributed by atoms with Gasteiger partial charge in [0.25, 0.3) is 5.91 Å². The van der Waals surface area contributed by atoms with Crippen LogP contribution in [0, 0.1) is 0 Å². The first kappa shape index (κ1) is 18.7. The second-order valence-corrected chi connectivity index (χ2v) is 7.83. The molecule has 1 amide bonds. The van der Waals surface area contributed by atoms with E-state index in [9.17, 15) is 4.79 Å². The first-order valence-corrected chi connectivity index (χ1v) is 9.70. The fourth-order valence-electron chi connectivity index (χ4n) is 3.84. The molecule has 1 N–H and O–H groups in total. The maximum atomic E-state index is 12.6. The molecule has 1 saturated heterocycles. The number of carbonyl (C=O) groups is 1. The molecule has 6 nitrogen and oxygen atoms in total. The number of nitrogens with one attached hydrogen (secondary N) is 1. The van der Waals surface area contributed by atoms with Crippen LogP contribution in [0.15, 0.2) is 48.7 Å². The standard InChI is InChI=1S/C22H27N5O/c1-25(2)20-10-11-27(15-20)14-16-4-6-17(7-5-16)22(28)24-19-8-9-21-18(12-19)13-23-26(21)3/h4-9,12-13,20H,10-11,14-15H2,1-3H3,(H,24,28)/t20-/m1/s1. The normalized spacial score (nSPS) is 17.5. The van der Waals surface area contributed by atoms with Crippen LogP contribution < -0.4 is 5.32 Å². The molecule has 1 fully saturated rings. The van der Waals surface area contributed by atoms with E-state index in [1.807, 2.05) is 42.1 Å². The second kappa shape index (κ2) is 7.73. The number of rotatable bonds is 5. The third kappa shape index (κ3) is 3.93. The summed E-state index contributed by atoms with van der Waals surface area (Å²) in [5, 5.41) is 8.23. The predicted octanol–water partition coefficient (Wildman–Crippen LogP) is 2.96. The molecule has 6 heteroatoms. The third-order valence-electron chi connectivity index (χ3n) is 5.60. The Hall–Kier alpha value is -2.70. The van der Waals surface area contributed by atoms with E-state index in [0.29, 0.717) is 11.6 Å². The summed E-state index contributed by atoms with van der Waals surface area (Å²) in [4.78, 5) is 17.4. The van der Waals surface area contributed by atoms with Crippen LogP contribution in [0.3, 0.4) is 0 Å². The minimum Gasteiger partial charge on any atom is -0.322 e. The highest BCUT2D eigenvalue weighted by Gasteiger charge is 2.23. The molecule has 4 rings (SSSR count). The molecule has 0 unspecified atom stereocenters. The first-order valence-electron chi connectivity index (χ1n) is 9.70. The Bertz CT molecular complexity index is 976. The number of anilines is 1. The van der Waals surface area contributed by atoms with Crippen LogP contribution in [0.4, 0.5) is 5.69 Å². The molecule has 0 aliphatic carbocycles. The van der Waals surface area contributed by atoms with Gasteiger partial charge >= 0.3 is 0 Å². The van der Waals surface area contributed by atoms with Crippen molar-refractivity contribution in [3.63, 3.8) is 0 Å². The lowest BCUT2D eigenvalue weighted by atomic mass is 10.1. The zero-order valence-corrected chi connectivity index (χ0v) is 16.7. The Kier molecular flexibility index (Phi) is 5.15. The number of amides is 1. The maximum Gasteiger partial charge on any atom is 0.255 e. The third-order valence-corrected chi connectivity index (χ3v) is 5.60. The summed E-state index contributed by atoms with van der Waals surface area (Å²) in [6.45, 7) is 3.16. The Morgan fingerprint density at radius 1 is 1.21 bits per heavy atom. The molecule has 0 bridgehead atoms. The summed E-state index contributed by atoms with van der Waals surface area (Å²) in [6.07, 6.45) is 3.02. The fourth-order valence-corrected chi connectivity index (χ4v) is 3.84. The Morgan fingerprint density at radius 2 is 2.00 bits per heavy atom. The number of hydrogen-bond donors (Lipinski definition) is 1. The number of benzene rings is 2. The molecule has 28 heavy (non-hydrogen) atoms. The molecule has 2 aromatic carbocycles. The lowest BCUT2D eigenvalue weighted by Gasteiger charge is -2.20. The van der Waals surface area contributed by atoms with Gasteiger partial charge in [-0.25, -0.2) is 0 Å². The monoisotopic (exact) mass is 377 g/mol. The zero-order chi connectivity index (χ0) is 19.7. The van der Waals surface area contributed by atoms with E-state index in [1.54, 1.807) is 6.20 Å². The topological polar surface area (TPSA) is 53.4 Å². The number of likely N-dealkylation sites (tertiary alicyclic amines) is 1. The highest BCUT2D eigenvalue weighted by atomic mass is 16.1. The quantitative estimate of drug-likeness (QED) is 0.743. The molecule has 0 saturated carbocycles. The lowest BCUT2D eigenvalue weighted by Crippen LogP contribution is -2.31. The minimum absolute atomic E-state index is 0.0939. The highest BCUT2D eigenvalue weighted by molar-refractivity contribution is 6.05.